The van der Waals surface area contributed by atoms with Crippen molar-refractivity contribution in [2.24, 2.45) is 5.92 Å². The summed E-state index contributed by atoms with van der Waals surface area (Å²) in [7, 11) is 0. The van der Waals surface area contributed by atoms with E-state index in [1.54, 1.807) is 6.26 Å². The van der Waals surface area contributed by atoms with Gasteiger partial charge >= 0.3 is 0 Å². The second-order valence-electron chi connectivity index (χ2n) is 5.43. The maximum Gasteiger partial charge on any atom is 0.103 e. The number of nitrogens with one attached hydrogen (secondary N) is 1. The van der Waals surface area contributed by atoms with Crippen LogP contribution < -0.4 is 5.32 Å². The Hall–Kier alpha value is -0.760. The molecule has 0 aromatic carbocycles. The van der Waals surface area contributed by atoms with Gasteiger partial charge in [0.1, 0.15) is 5.76 Å². The van der Waals surface area contributed by atoms with E-state index in [9.17, 15) is 0 Å². The van der Waals surface area contributed by atoms with E-state index in [4.69, 9.17) is 4.42 Å². The Labute approximate surface area is 105 Å². The van der Waals surface area contributed by atoms with Gasteiger partial charge in [-0.25, -0.2) is 0 Å². The van der Waals surface area contributed by atoms with Crippen molar-refractivity contribution < 1.29 is 4.42 Å². The molecule has 1 aromatic rings. The molecule has 1 saturated carbocycles. The van der Waals surface area contributed by atoms with Crippen molar-refractivity contribution in [2.45, 2.75) is 57.9 Å². The Kier molecular flexibility index (Phi) is 5.11. The molecule has 1 aliphatic carbocycles. The van der Waals surface area contributed by atoms with Crippen LogP contribution in [-0.2, 0) is 6.42 Å². The fourth-order valence-corrected chi connectivity index (χ4v) is 2.67. The predicted molar refractivity (Wildman–Crippen MR) is 71.1 cm³/mol. The van der Waals surface area contributed by atoms with Crippen molar-refractivity contribution in [1.82, 2.24) is 5.32 Å². The van der Waals surface area contributed by atoms with Crippen LogP contribution in [0.2, 0.25) is 0 Å². The van der Waals surface area contributed by atoms with Gasteiger partial charge in [0.2, 0.25) is 0 Å². The van der Waals surface area contributed by atoms with Crippen molar-refractivity contribution in [1.29, 1.82) is 0 Å². The van der Waals surface area contributed by atoms with Crippen LogP contribution in [0.1, 0.15) is 51.2 Å². The Bertz CT molecular complexity index is 288. The first kappa shape index (κ1) is 12.7. The zero-order valence-electron chi connectivity index (χ0n) is 11.0. The topological polar surface area (TPSA) is 25.2 Å². The van der Waals surface area contributed by atoms with Crippen LogP contribution in [0.5, 0.6) is 0 Å². The fourth-order valence-electron chi connectivity index (χ4n) is 2.67. The lowest BCUT2D eigenvalue weighted by molar-refractivity contribution is 0.325. The Balaban J connectivity index is 1.58. The number of rotatable bonds is 6. The summed E-state index contributed by atoms with van der Waals surface area (Å²) in [5, 5.41) is 3.67. The minimum absolute atomic E-state index is 0.599. The third kappa shape index (κ3) is 4.55. The first-order chi connectivity index (χ1) is 8.34. The Morgan fingerprint density at radius 3 is 2.88 bits per heavy atom. The Morgan fingerprint density at radius 2 is 2.18 bits per heavy atom. The van der Waals surface area contributed by atoms with Crippen molar-refractivity contribution in [3.63, 3.8) is 0 Å². The van der Waals surface area contributed by atoms with Crippen molar-refractivity contribution in [3.05, 3.63) is 24.2 Å². The van der Waals surface area contributed by atoms with Crippen molar-refractivity contribution in [3.8, 4) is 0 Å². The van der Waals surface area contributed by atoms with Gasteiger partial charge in [-0.1, -0.05) is 19.3 Å². The highest BCUT2D eigenvalue weighted by Crippen LogP contribution is 2.22. The summed E-state index contributed by atoms with van der Waals surface area (Å²) in [5.41, 5.74) is 0. The first-order valence-corrected chi connectivity index (χ1v) is 7.10. The van der Waals surface area contributed by atoms with Gasteiger partial charge in [0.15, 0.2) is 0 Å². The highest BCUT2D eigenvalue weighted by atomic mass is 16.3. The third-order valence-corrected chi connectivity index (χ3v) is 3.88. The summed E-state index contributed by atoms with van der Waals surface area (Å²) in [4.78, 5) is 0. The van der Waals surface area contributed by atoms with E-state index in [-0.39, 0.29) is 0 Å². The molecule has 2 nitrogen and oxygen atoms in total. The van der Waals surface area contributed by atoms with Gasteiger partial charge in [0.25, 0.3) is 0 Å². The number of furan rings is 1. The summed E-state index contributed by atoms with van der Waals surface area (Å²) in [6, 6.07) is 4.63. The predicted octanol–water partition coefficient (Wildman–Crippen LogP) is 3.77. The molecular formula is C15H25NO. The second-order valence-corrected chi connectivity index (χ2v) is 5.43. The van der Waals surface area contributed by atoms with Crippen LogP contribution in [-0.4, -0.2) is 12.6 Å². The van der Waals surface area contributed by atoms with Crippen LogP contribution in [0.4, 0.5) is 0 Å². The lowest BCUT2D eigenvalue weighted by atomic mass is 9.89. The molecule has 96 valence electrons. The fraction of sp³-hybridized carbons (Fsp3) is 0.733. The standard InChI is InChI=1S/C15H25NO/c1-13(9-10-15-8-5-11-17-15)16-12-14-6-3-2-4-7-14/h5,8,11,13-14,16H,2-4,6-7,9-10,12H2,1H3. The van der Waals surface area contributed by atoms with E-state index in [2.05, 4.69) is 18.3 Å². The van der Waals surface area contributed by atoms with E-state index in [0.717, 1.165) is 18.1 Å². The van der Waals surface area contributed by atoms with Crippen LogP contribution in [0.3, 0.4) is 0 Å². The molecule has 17 heavy (non-hydrogen) atoms. The molecule has 0 bridgehead atoms. The van der Waals surface area contributed by atoms with Crippen LogP contribution in [0, 0.1) is 5.92 Å². The quantitative estimate of drug-likeness (QED) is 0.812. The monoisotopic (exact) mass is 235 g/mol. The molecule has 0 radical (unpaired) electrons. The van der Waals surface area contributed by atoms with Gasteiger partial charge < -0.3 is 9.73 Å². The molecule has 1 unspecified atom stereocenters. The minimum atomic E-state index is 0.599. The molecule has 1 aliphatic rings. The zero-order chi connectivity index (χ0) is 11.9. The summed E-state index contributed by atoms with van der Waals surface area (Å²) < 4.78 is 5.35. The molecule has 0 aliphatic heterocycles. The summed E-state index contributed by atoms with van der Waals surface area (Å²) in [6.07, 6.45) is 11.2. The van der Waals surface area contributed by atoms with E-state index >= 15 is 0 Å². The van der Waals surface area contributed by atoms with Gasteiger partial charge in [-0.15, -0.1) is 0 Å². The van der Waals surface area contributed by atoms with Gasteiger partial charge in [-0.2, -0.15) is 0 Å². The van der Waals surface area contributed by atoms with Gasteiger partial charge in [0, 0.05) is 12.5 Å². The minimum Gasteiger partial charge on any atom is -0.469 e. The molecule has 1 N–H and O–H groups in total. The van der Waals surface area contributed by atoms with E-state index in [0.29, 0.717) is 6.04 Å². The normalized spacial score (nSPS) is 19.4. The van der Waals surface area contributed by atoms with Crippen LogP contribution in [0.15, 0.2) is 22.8 Å². The third-order valence-electron chi connectivity index (χ3n) is 3.88. The number of aryl methyl sites for hydroxylation is 1. The summed E-state index contributed by atoms with van der Waals surface area (Å²) in [5.74, 6) is 2.03. The van der Waals surface area contributed by atoms with Crippen molar-refractivity contribution in [2.75, 3.05) is 6.54 Å². The zero-order valence-corrected chi connectivity index (χ0v) is 11.0. The molecule has 1 fully saturated rings. The summed E-state index contributed by atoms with van der Waals surface area (Å²) >= 11 is 0. The van der Waals surface area contributed by atoms with Gasteiger partial charge in [-0.3, -0.25) is 0 Å². The number of hydrogen-bond donors (Lipinski definition) is 1. The largest absolute Gasteiger partial charge is 0.469 e. The van der Waals surface area contributed by atoms with E-state index in [1.165, 1.54) is 45.1 Å². The van der Waals surface area contributed by atoms with Gasteiger partial charge in [0.05, 0.1) is 6.26 Å². The molecule has 1 heterocycles. The SMILES string of the molecule is CC(CCc1ccco1)NCC1CCCCC1. The van der Waals surface area contributed by atoms with Gasteiger partial charge in [-0.05, 0) is 50.8 Å². The lowest BCUT2D eigenvalue weighted by Crippen LogP contribution is -2.32. The first-order valence-electron chi connectivity index (χ1n) is 7.10. The molecule has 1 aromatic heterocycles. The maximum atomic E-state index is 5.35. The highest BCUT2D eigenvalue weighted by Gasteiger charge is 2.14. The maximum absolute atomic E-state index is 5.35. The molecule has 0 amide bonds. The van der Waals surface area contributed by atoms with Crippen LogP contribution >= 0.6 is 0 Å². The molecule has 0 saturated heterocycles. The average molecular weight is 235 g/mol. The van der Waals surface area contributed by atoms with E-state index in [1.807, 2.05) is 6.07 Å². The Morgan fingerprint density at radius 1 is 1.35 bits per heavy atom. The molecule has 2 heteroatoms. The number of hydrogen-bond acceptors (Lipinski definition) is 2. The summed E-state index contributed by atoms with van der Waals surface area (Å²) in [6.45, 7) is 3.49. The average Bonchev–Trinajstić information content (AvgIpc) is 2.88. The molecule has 2 rings (SSSR count). The highest BCUT2D eigenvalue weighted by molar-refractivity contribution is 4.98. The molecule has 0 spiro atoms. The van der Waals surface area contributed by atoms with E-state index < -0.39 is 0 Å². The second kappa shape index (κ2) is 6.85. The van der Waals surface area contributed by atoms with Crippen LogP contribution in [0.25, 0.3) is 0 Å². The molecule has 1 atom stereocenters. The molecular weight excluding hydrogens is 210 g/mol. The lowest BCUT2D eigenvalue weighted by Gasteiger charge is -2.24. The smallest absolute Gasteiger partial charge is 0.103 e. The van der Waals surface area contributed by atoms with Crippen molar-refractivity contribution >= 4 is 0 Å².